The van der Waals surface area contributed by atoms with Crippen LogP contribution in [0.3, 0.4) is 0 Å². The molecule has 3 rings (SSSR count). The molecule has 3 heterocycles. The normalized spacial score (nSPS) is 17.3. The van der Waals surface area contributed by atoms with Crippen molar-refractivity contribution in [1.82, 2.24) is 14.9 Å². The molecule has 1 aliphatic heterocycles. The average Bonchev–Trinajstić information content (AvgIpc) is 3.19. The van der Waals surface area contributed by atoms with E-state index in [1.807, 2.05) is 35.4 Å². The number of rotatable bonds is 6. The first kappa shape index (κ1) is 16.1. The van der Waals surface area contributed by atoms with E-state index >= 15 is 0 Å². The zero-order valence-electron chi connectivity index (χ0n) is 13.3. The molecular formula is C17H21N3O2S. The fraction of sp³-hybridized carbons (Fsp3) is 0.471. The van der Waals surface area contributed by atoms with Crippen LogP contribution in [-0.4, -0.2) is 40.0 Å². The highest BCUT2D eigenvalue weighted by atomic mass is 32.1. The van der Waals surface area contributed by atoms with Gasteiger partial charge in [0.1, 0.15) is 0 Å². The second kappa shape index (κ2) is 7.66. The topological polar surface area (TPSA) is 55.3 Å². The van der Waals surface area contributed by atoms with E-state index in [0.717, 1.165) is 35.8 Å². The first-order valence-corrected chi connectivity index (χ1v) is 8.79. The van der Waals surface area contributed by atoms with Crippen LogP contribution >= 0.6 is 11.3 Å². The number of aromatic nitrogens is 2. The predicted octanol–water partition coefficient (Wildman–Crippen LogP) is 2.60. The van der Waals surface area contributed by atoms with Gasteiger partial charge in [-0.1, -0.05) is 6.07 Å². The maximum absolute atomic E-state index is 12.7. The zero-order valence-corrected chi connectivity index (χ0v) is 14.1. The van der Waals surface area contributed by atoms with Gasteiger partial charge in [0.15, 0.2) is 0 Å². The molecule has 2 aromatic rings. The lowest BCUT2D eigenvalue weighted by atomic mass is 10.2. The van der Waals surface area contributed by atoms with Crippen molar-refractivity contribution >= 4 is 17.2 Å². The minimum Gasteiger partial charge on any atom is -0.376 e. The van der Waals surface area contributed by atoms with E-state index in [2.05, 4.69) is 9.97 Å². The molecule has 1 aliphatic rings. The summed E-state index contributed by atoms with van der Waals surface area (Å²) in [6.45, 7) is 3.89. The lowest BCUT2D eigenvalue weighted by Crippen LogP contribution is -2.38. The number of carbonyl (C=O) groups is 1. The molecule has 0 aromatic carbocycles. The van der Waals surface area contributed by atoms with E-state index in [4.69, 9.17) is 4.74 Å². The van der Waals surface area contributed by atoms with E-state index in [-0.39, 0.29) is 12.0 Å². The van der Waals surface area contributed by atoms with Crippen LogP contribution in [0.5, 0.6) is 0 Å². The molecule has 6 heteroatoms. The number of amides is 1. The number of carbonyl (C=O) groups excluding carboxylic acids is 1. The molecule has 122 valence electrons. The number of pyridine rings is 1. The molecule has 5 nitrogen and oxygen atoms in total. The standard InChI is InChI=1S/C17H21N3O2S/c1-13-19-15(12-23-13)9-17(21)20(11-16-6-4-8-22-16)10-14-5-2-3-7-18-14/h2-3,5,7,12,16H,4,6,8-11H2,1H3/t16-/m0/s1. The molecule has 0 N–H and O–H groups in total. The Kier molecular flexibility index (Phi) is 5.35. The molecule has 0 spiro atoms. The number of nitrogens with zero attached hydrogens (tertiary/aromatic N) is 3. The second-order valence-electron chi connectivity index (χ2n) is 5.77. The molecule has 2 aromatic heterocycles. The highest BCUT2D eigenvalue weighted by Gasteiger charge is 2.23. The molecule has 1 saturated heterocycles. The first-order chi connectivity index (χ1) is 11.2. The summed E-state index contributed by atoms with van der Waals surface area (Å²) in [5.74, 6) is 0.0800. The van der Waals surface area contributed by atoms with Gasteiger partial charge in [-0.25, -0.2) is 4.98 Å². The third-order valence-corrected chi connectivity index (χ3v) is 4.70. The Bertz CT molecular complexity index is 638. The fourth-order valence-electron chi connectivity index (χ4n) is 2.73. The van der Waals surface area contributed by atoms with Crippen LogP contribution in [0.1, 0.15) is 29.2 Å². The Morgan fingerprint density at radius 1 is 1.43 bits per heavy atom. The predicted molar refractivity (Wildman–Crippen MR) is 89.2 cm³/mol. The molecule has 0 aliphatic carbocycles. The summed E-state index contributed by atoms with van der Waals surface area (Å²) in [6.07, 6.45) is 4.32. The van der Waals surface area contributed by atoms with E-state index in [1.165, 1.54) is 0 Å². The first-order valence-electron chi connectivity index (χ1n) is 7.91. The zero-order chi connectivity index (χ0) is 16.1. The molecule has 1 amide bonds. The Hall–Kier alpha value is -1.79. The third kappa shape index (κ3) is 4.59. The van der Waals surface area contributed by atoms with Crippen molar-refractivity contribution in [1.29, 1.82) is 0 Å². The summed E-state index contributed by atoms with van der Waals surface area (Å²) < 4.78 is 5.70. The van der Waals surface area contributed by atoms with Gasteiger partial charge in [-0.05, 0) is 31.9 Å². The number of thiazole rings is 1. The van der Waals surface area contributed by atoms with Crippen LogP contribution in [0.2, 0.25) is 0 Å². The molecular weight excluding hydrogens is 310 g/mol. The van der Waals surface area contributed by atoms with Crippen LogP contribution in [-0.2, 0) is 22.5 Å². The Labute approximate surface area is 140 Å². The number of ether oxygens (including phenoxy) is 1. The summed E-state index contributed by atoms with van der Waals surface area (Å²) in [5.41, 5.74) is 1.74. The van der Waals surface area contributed by atoms with Crippen molar-refractivity contribution in [3.63, 3.8) is 0 Å². The summed E-state index contributed by atoms with van der Waals surface area (Å²) in [6, 6.07) is 5.78. The van der Waals surface area contributed by atoms with Gasteiger partial charge in [0.05, 0.1) is 35.5 Å². The summed E-state index contributed by atoms with van der Waals surface area (Å²) in [5, 5.41) is 2.95. The van der Waals surface area contributed by atoms with Gasteiger partial charge in [-0.3, -0.25) is 9.78 Å². The Balaban J connectivity index is 1.68. The molecule has 0 bridgehead atoms. The van der Waals surface area contributed by atoms with E-state index in [1.54, 1.807) is 17.5 Å². The second-order valence-corrected chi connectivity index (χ2v) is 6.83. The van der Waals surface area contributed by atoms with Crippen molar-refractivity contribution in [3.05, 3.63) is 46.2 Å². The highest BCUT2D eigenvalue weighted by molar-refractivity contribution is 7.09. The monoisotopic (exact) mass is 331 g/mol. The van der Waals surface area contributed by atoms with Crippen LogP contribution in [0.15, 0.2) is 29.8 Å². The van der Waals surface area contributed by atoms with E-state index in [0.29, 0.717) is 19.5 Å². The summed E-state index contributed by atoms with van der Waals surface area (Å²) >= 11 is 1.58. The van der Waals surface area contributed by atoms with E-state index in [9.17, 15) is 4.79 Å². The Morgan fingerprint density at radius 3 is 3.00 bits per heavy atom. The van der Waals surface area contributed by atoms with Crippen LogP contribution in [0.25, 0.3) is 0 Å². The van der Waals surface area contributed by atoms with Gasteiger partial charge in [-0.15, -0.1) is 11.3 Å². The third-order valence-electron chi connectivity index (χ3n) is 3.88. The minimum atomic E-state index is 0.0800. The quantitative estimate of drug-likeness (QED) is 0.816. The fourth-order valence-corrected chi connectivity index (χ4v) is 3.34. The maximum atomic E-state index is 12.7. The SMILES string of the molecule is Cc1nc(CC(=O)N(Cc2ccccn2)C[C@@H]2CCCO2)cs1. The number of hydrogen-bond acceptors (Lipinski definition) is 5. The summed E-state index contributed by atoms with van der Waals surface area (Å²) in [4.78, 5) is 23.3. The van der Waals surface area contributed by atoms with Gasteiger partial charge in [-0.2, -0.15) is 0 Å². The molecule has 1 fully saturated rings. The van der Waals surface area contributed by atoms with E-state index < -0.39 is 0 Å². The lowest BCUT2D eigenvalue weighted by molar-refractivity contribution is -0.132. The van der Waals surface area contributed by atoms with Crippen LogP contribution in [0, 0.1) is 6.92 Å². The largest absolute Gasteiger partial charge is 0.376 e. The van der Waals surface area contributed by atoms with Crippen LogP contribution in [0.4, 0.5) is 0 Å². The molecule has 0 saturated carbocycles. The van der Waals surface area contributed by atoms with Gasteiger partial charge in [0.2, 0.25) is 5.91 Å². The molecule has 23 heavy (non-hydrogen) atoms. The van der Waals surface area contributed by atoms with Crippen molar-refractivity contribution in [2.24, 2.45) is 0 Å². The highest BCUT2D eigenvalue weighted by Crippen LogP contribution is 2.16. The average molecular weight is 331 g/mol. The van der Waals surface area contributed by atoms with Gasteiger partial charge >= 0.3 is 0 Å². The molecule has 0 unspecified atom stereocenters. The Morgan fingerprint density at radius 2 is 2.35 bits per heavy atom. The number of hydrogen-bond donors (Lipinski definition) is 0. The van der Waals surface area contributed by atoms with Crippen molar-refractivity contribution in [2.75, 3.05) is 13.2 Å². The van der Waals surface area contributed by atoms with Crippen molar-refractivity contribution < 1.29 is 9.53 Å². The van der Waals surface area contributed by atoms with Gasteiger partial charge in [0, 0.05) is 24.7 Å². The molecule has 1 atom stereocenters. The lowest BCUT2D eigenvalue weighted by Gasteiger charge is -2.25. The minimum absolute atomic E-state index is 0.0800. The van der Waals surface area contributed by atoms with Crippen molar-refractivity contribution in [2.45, 2.75) is 38.8 Å². The van der Waals surface area contributed by atoms with Crippen LogP contribution < -0.4 is 0 Å². The smallest absolute Gasteiger partial charge is 0.229 e. The number of aryl methyl sites for hydroxylation is 1. The molecule has 0 radical (unpaired) electrons. The van der Waals surface area contributed by atoms with Crippen molar-refractivity contribution in [3.8, 4) is 0 Å². The summed E-state index contributed by atoms with van der Waals surface area (Å²) in [7, 11) is 0. The van der Waals surface area contributed by atoms with Gasteiger partial charge in [0.25, 0.3) is 0 Å². The van der Waals surface area contributed by atoms with Gasteiger partial charge < -0.3 is 9.64 Å². The maximum Gasteiger partial charge on any atom is 0.229 e.